The van der Waals surface area contributed by atoms with E-state index in [0.717, 1.165) is 43.0 Å². The predicted octanol–water partition coefficient (Wildman–Crippen LogP) is 5.36. The Kier molecular flexibility index (Phi) is 6.17. The normalized spacial score (nSPS) is 19.5. The summed E-state index contributed by atoms with van der Waals surface area (Å²) in [6.07, 6.45) is 6.06. The molecule has 0 unspecified atom stereocenters. The summed E-state index contributed by atoms with van der Waals surface area (Å²) >= 11 is 7.44. The summed E-state index contributed by atoms with van der Waals surface area (Å²) in [5.74, 6) is 3.06. The van der Waals surface area contributed by atoms with Crippen molar-refractivity contribution in [2.75, 3.05) is 5.21 Å². The van der Waals surface area contributed by atoms with Crippen molar-refractivity contribution in [2.45, 2.75) is 49.5 Å². The highest BCUT2D eigenvalue weighted by atomic mass is 35.5. The number of benzene rings is 1. The van der Waals surface area contributed by atoms with Crippen molar-refractivity contribution in [3.8, 4) is 11.6 Å². The third-order valence-electron chi connectivity index (χ3n) is 5.13. The van der Waals surface area contributed by atoms with Gasteiger partial charge in [0.05, 0.1) is 5.21 Å². The van der Waals surface area contributed by atoms with E-state index in [1.807, 2.05) is 25.1 Å². The lowest BCUT2D eigenvalue weighted by Crippen LogP contribution is -2.25. The lowest BCUT2D eigenvalue weighted by molar-refractivity contribution is 0.139. The second-order valence-electron chi connectivity index (χ2n) is 6.95. The minimum Gasteiger partial charge on any atom is -0.474 e. The van der Waals surface area contributed by atoms with Crippen molar-refractivity contribution in [1.29, 1.82) is 0 Å². The highest BCUT2D eigenvalue weighted by Gasteiger charge is 2.28. The van der Waals surface area contributed by atoms with Crippen LogP contribution in [-0.2, 0) is 0 Å². The molecule has 2 heterocycles. The van der Waals surface area contributed by atoms with Gasteiger partial charge in [-0.3, -0.25) is 4.57 Å². The number of ether oxygens (including phenoxy) is 1. The van der Waals surface area contributed by atoms with Crippen LogP contribution < -0.4 is 4.74 Å². The molecule has 28 heavy (non-hydrogen) atoms. The Hall–Kier alpha value is -2.05. The minimum absolute atomic E-state index is 0.218. The Labute approximate surface area is 174 Å². The zero-order valence-corrected chi connectivity index (χ0v) is 17.4. The number of halogens is 1. The molecule has 0 spiro atoms. The van der Waals surface area contributed by atoms with Gasteiger partial charge in [0.15, 0.2) is 0 Å². The van der Waals surface area contributed by atoms with Crippen LogP contribution in [0.3, 0.4) is 0 Å². The molecule has 0 amide bonds. The summed E-state index contributed by atoms with van der Waals surface area (Å²) in [6, 6.07) is 14.2. The third kappa shape index (κ3) is 4.33. The zero-order valence-electron chi connectivity index (χ0n) is 15.8. The standard InChI is InChI=1S/C21H23ClN4OS/c1-15-24-25-21(26(15)17-7-11-19(12-8-17)28-14-22)16-5-9-18(10-6-16)27-20-4-2-3-13-23-20/h2-4,7-8,11-13,16,18H,5-6,9-10,14H2,1H3. The van der Waals surface area contributed by atoms with Gasteiger partial charge in [0, 0.05) is 28.8 Å². The molecule has 2 aromatic heterocycles. The van der Waals surface area contributed by atoms with Crippen LogP contribution in [0.1, 0.15) is 43.3 Å². The van der Waals surface area contributed by atoms with Gasteiger partial charge < -0.3 is 4.74 Å². The highest BCUT2D eigenvalue weighted by Crippen LogP contribution is 2.35. The first kappa shape index (κ1) is 19.3. The SMILES string of the molecule is Cc1nnc(C2CCC(Oc3ccccn3)CC2)n1-c1ccc(SCCl)cc1. The summed E-state index contributed by atoms with van der Waals surface area (Å²) in [6.45, 7) is 2.01. The minimum atomic E-state index is 0.218. The van der Waals surface area contributed by atoms with Crippen LogP contribution in [0.25, 0.3) is 5.69 Å². The molecular formula is C21H23ClN4OS. The van der Waals surface area contributed by atoms with Crippen molar-refractivity contribution in [2.24, 2.45) is 0 Å². The van der Waals surface area contributed by atoms with E-state index >= 15 is 0 Å². The van der Waals surface area contributed by atoms with E-state index in [2.05, 4.69) is 44.0 Å². The molecule has 146 valence electrons. The lowest BCUT2D eigenvalue weighted by atomic mass is 9.86. The zero-order chi connectivity index (χ0) is 19.3. The van der Waals surface area contributed by atoms with Crippen LogP contribution in [0, 0.1) is 6.92 Å². The molecule has 0 bridgehead atoms. The Bertz CT molecular complexity index is 893. The van der Waals surface area contributed by atoms with E-state index < -0.39 is 0 Å². The first-order chi connectivity index (χ1) is 13.7. The molecule has 0 atom stereocenters. The van der Waals surface area contributed by atoms with Gasteiger partial charge in [-0.25, -0.2) is 4.98 Å². The van der Waals surface area contributed by atoms with Crippen molar-refractivity contribution in [3.63, 3.8) is 0 Å². The van der Waals surface area contributed by atoms with Crippen LogP contribution in [0.15, 0.2) is 53.6 Å². The van der Waals surface area contributed by atoms with Gasteiger partial charge in [0.1, 0.15) is 17.8 Å². The third-order valence-corrected chi connectivity index (χ3v) is 6.17. The molecule has 7 heteroatoms. The second kappa shape index (κ2) is 8.97. The molecule has 1 saturated carbocycles. The predicted molar refractivity (Wildman–Crippen MR) is 113 cm³/mol. The fourth-order valence-corrected chi connectivity index (χ4v) is 4.58. The van der Waals surface area contributed by atoms with Crippen LogP contribution in [0.5, 0.6) is 5.88 Å². The maximum atomic E-state index is 6.03. The van der Waals surface area contributed by atoms with Crippen LogP contribution in [0.4, 0.5) is 0 Å². The second-order valence-corrected chi connectivity index (χ2v) is 8.58. The smallest absolute Gasteiger partial charge is 0.213 e. The number of hydrogen-bond donors (Lipinski definition) is 0. The maximum Gasteiger partial charge on any atom is 0.213 e. The molecule has 4 rings (SSSR count). The summed E-state index contributed by atoms with van der Waals surface area (Å²) in [4.78, 5) is 5.43. The van der Waals surface area contributed by atoms with Gasteiger partial charge in [-0.05, 0) is 62.9 Å². The monoisotopic (exact) mass is 414 g/mol. The van der Waals surface area contributed by atoms with E-state index in [0.29, 0.717) is 17.0 Å². The van der Waals surface area contributed by atoms with Crippen molar-refractivity contribution >= 4 is 23.4 Å². The number of alkyl halides is 1. The van der Waals surface area contributed by atoms with Gasteiger partial charge in [0.2, 0.25) is 5.88 Å². The molecule has 3 aromatic rings. The molecule has 0 N–H and O–H groups in total. The number of pyridine rings is 1. The fraction of sp³-hybridized carbons (Fsp3) is 0.381. The molecule has 1 aliphatic rings. The maximum absolute atomic E-state index is 6.03. The van der Waals surface area contributed by atoms with Crippen molar-refractivity contribution in [3.05, 3.63) is 60.3 Å². The summed E-state index contributed by atoms with van der Waals surface area (Å²) < 4.78 is 8.21. The van der Waals surface area contributed by atoms with E-state index in [1.165, 1.54) is 4.90 Å². The average Bonchev–Trinajstić information content (AvgIpc) is 3.12. The summed E-state index contributed by atoms with van der Waals surface area (Å²) in [7, 11) is 0. The molecule has 1 fully saturated rings. The number of rotatable bonds is 6. The number of aryl methyl sites for hydroxylation is 1. The van der Waals surface area contributed by atoms with E-state index in [-0.39, 0.29) is 6.10 Å². The van der Waals surface area contributed by atoms with Crippen LogP contribution in [0.2, 0.25) is 0 Å². The summed E-state index contributed by atoms with van der Waals surface area (Å²) in [5, 5.41) is 9.43. The van der Waals surface area contributed by atoms with Gasteiger partial charge in [0.25, 0.3) is 0 Å². The van der Waals surface area contributed by atoms with Crippen LogP contribution in [-0.4, -0.2) is 31.1 Å². The Morgan fingerprint density at radius 2 is 1.86 bits per heavy atom. The number of hydrogen-bond acceptors (Lipinski definition) is 5. The number of nitrogens with zero attached hydrogens (tertiary/aromatic N) is 4. The quantitative estimate of drug-likeness (QED) is 0.401. The topological polar surface area (TPSA) is 52.8 Å². The Morgan fingerprint density at radius 3 is 2.54 bits per heavy atom. The van der Waals surface area contributed by atoms with Gasteiger partial charge in [-0.2, -0.15) is 0 Å². The van der Waals surface area contributed by atoms with Gasteiger partial charge >= 0.3 is 0 Å². The van der Waals surface area contributed by atoms with E-state index in [1.54, 1.807) is 18.0 Å². The molecule has 1 aliphatic carbocycles. The molecule has 0 aliphatic heterocycles. The van der Waals surface area contributed by atoms with E-state index in [9.17, 15) is 0 Å². The van der Waals surface area contributed by atoms with Crippen molar-refractivity contribution in [1.82, 2.24) is 19.7 Å². The fourth-order valence-electron chi connectivity index (χ4n) is 3.74. The first-order valence-corrected chi connectivity index (χ1v) is 11.1. The van der Waals surface area contributed by atoms with E-state index in [4.69, 9.17) is 16.3 Å². The summed E-state index contributed by atoms with van der Waals surface area (Å²) in [5.41, 5.74) is 1.10. The number of thioether (sulfide) groups is 1. The molecule has 5 nitrogen and oxygen atoms in total. The van der Waals surface area contributed by atoms with Crippen LogP contribution >= 0.6 is 23.4 Å². The Balaban J connectivity index is 1.46. The lowest BCUT2D eigenvalue weighted by Gasteiger charge is -2.28. The Morgan fingerprint density at radius 1 is 1.07 bits per heavy atom. The average molecular weight is 415 g/mol. The first-order valence-electron chi connectivity index (χ1n) is 9.53. The molecular weight excluding hydrogens is 392 g/mol. The van der Waals surface area contributed by atoms with Gasteiger partial charge in [-0.15, -0.1) is 33.6 Å². The molecule has 0 saturated heterocycles. The van der Waals surface area contributed by atoms with Crippen molar-refractivity contribution < 1.29 is 4.74 Å². The largest absolute Gasteiger partial charge is 0.474 e. The highest BCUT2D eigenvalue weighted by molar-refractivity contribution is 8.00. The molecule has 1 aromatic carbocycles. The number of aromatic nitrogens is 4. The molecule has 0 radical (unpaired) electrons. The van der Waals surface area contributed by atoms with Gasteiger partial charge in [-0.1, -0.05) is 6.07 Å².